The number of aryl methyl sites for hydroxylation is 2. The summed E-state index contributed by atoms with van der Waals surface area (Å²) in [6.07, 6.45) is 3.82. The summed E-state index contributed by atoms with van der Waals surface area (Å²) in [6, 6.07) is 22.3. The van der Waals surface area contributed by atoms with Crippen LogP contribution in [0.1, 0.15) is 62.8 Å². The smallest absolute Gasteiger partial charge is 0.471 e. The lowest BCUT2D eigenvalue weighted by Gasteiger charge is -2.41. The summed E-state index contributed by atoms with van der Waals surface area (Å²) in [5.74, 6) is 0.510. The number of hydrogen-bond acceptors (Lipinski definition) is 18. The SMILES string of the molecule is CC(C)S(=O)(=O)c1ccccc1Nc1nc(Cl)ncc1Cl.COc1cc2c(cc1N)CCC(N1CCN(C(=O)C(F)(F)F)CC1)C2.COc1cc2c(cc1Nc1ncc(Cl)c(Nc3ccccc3S(=O)(=O)C(C)C)n1)CCC(N1CCNCC1)C2. The average molecular weight is 1270 g/mol. The van der Waals surface area contributed by atoms with Crippen molar-refractivity contribution < 1.29 is 44.3 Å². The zero-order valence-electron chi connectivity index (χ0n) is 47.9. The van der Waals surface area contributed by atoms with E-state index < -0.39 is 42.3 Å². The summed E-state index contributed by atoms with van der Waals surface area (Å²) >= 11 is 18.1. The van der Waals surface area contributed by atoms with Crippen molar-refractivity contribution in [2.75, 3.05) is 88.3 Å². The fraction of sp³-hybridized carbons (Fsp3) is 0.431. The van der Waals surface area contributed by atoms with Gasteiger partial charge in [0.15, 0.2) is 31.3 Å². The van der Waals surface area contributed by atoms with E-state index in [-0.39, 0.29) is 50.1 Å². The number of nitrogens with two attached hydrogens (primary N) is 1. The van der Waals surface area contributed by atoms with Gasteiger partial charge in [-0.1, -0.05) is 47.5 Å². The lowest BCUT2D eigenvalue weighted by atomic mass is 9.86. The zero-order chi connectivity index (χ0) is 61.4. The number of methoxy groups -OCH3 is 2. The number of halogens is 6. The topological polar surface area (TPSA) is 239 Å². The number of amides is 1. The molecular formula is C58H70Cl3F3N12O7S2. The predicted octanol–water partition coefficient (Wildman–Crippen LogP) is 10.1. The molecule has 0 spiro atoms. The van der Waals surface area contributed by atoms with Crippen LogP contribution in [-0.4, -0.2) is 153 Å². The maximum absolute atomic E-state index is 12.9. The van der Waals surface area contributed by atoms with E-state index in [2.05, 4.69) is 63.1 Å². The Hall–Kier alpha value is -6.25. The number of sulfone groups is 2. The van der Waals surface area contributed by atoms with Crippen LogP contribution in [0.25, 0.3) is 0 Å². The number of carbonyl (C=O) groups excluding carboxylic acids is 1. The van der Waals surface area contributed by atoms with Gasteiger partial charge in [0.05, 0.1) is 69.7 Å². The van der Waals surface area contributed by atoms with E-state index in [0.717, 1.165) is 81.0 Å². The summed E-state index contributed by atoms with van der Waals surface area (Å²) in [5.41, 5.74) is 13.1. The summed E-state index contributed by atoms with van der Waals surface area (Å²) in [7, 11) is -3.71. The first kappa shape index (κ1) is 64.7. The van der Waals surface area contributed by atoms with Gasteiger partial charge < -0.3 is 41.4 Å². The minimum absolute atomic E-state index is 0.0195. The minimum Gasteiger partial charge on any atom is -0.495 e. The number of hydrogen-bond donors (Lipinski definition) is 5. The van der Waals surface area contributed by atoms with E-state index in [1.165, 1.54) is 40.7 Å². The summed E-state index contributed by atoms with van der Waals surface area (Å²) in [4.78, 5) is 34.0. The van der Waals surface area contributed by atoms with Gasteiger partial charge in [0.2, 0.25) is 11.2 Å². The number of anilines is 7. The maximum atomic E-state index is 12.9. The van der Waals surface area contributed by atoms with Crippen molar-refractivity contribution in [2.45, 2.75) is 105 Å². The van der Waals surface area contributed by atoms with Crippen molar-refractivity contribution in [1.29, 1.82) is 0 Å². The number of rotatable bonds is 14. The summed E-state index contributed by atoms with van der Waals surface area (Å²) < 4.78 is 99.1. The van der Waals surface area contributed by atoms with Gasteiger partial charge in [0, 0.05) is 64.4 Å². The van der Waals surface area contributed by atoms with Crippen molar-refractivity contribution in [3.8, 4) is 11.5 Å². The molecule has 4 aliphatic rings. The quantitative estimate of drug-likeness (QED) is 0.0503. The molecule has 6 aromatic rings. The number of carbonyl (C=O) groups is 1. The Balaban J connectivity index is 0.000000177. The molecule has 2 fully saturated rings. The first-order valence-corrected chi connectivity index (χ1v) is 32.0. The molecule has 0 radical (unpaired) electrons. The fourth-order valence-corrected chi connectivity index (χ4v) is 13.4. The highest BCUT2D eigenvalue weighted by molar-refractivity contribution is 7.92. The lowest BCUT2D eigenvalue weighted by Crippen LogP contribution is -2.55. The van der Waals surface area contributed by atoms with Crippen LogP contribution in [0.4, 0.5) is 53.5 Å². The first-order chi connectivity index (χ1) is 40.4. The largest absolute Gasteiger partial charge is 0.495 e. The van der Waals surface area contributed by atoms with Crippen LogP contribution in [0.15, 0.2) is 95.0 Å². The fourth-order valence-electron chi connectivity index (χ4n) is 10.6. The Bertz CT molecular complexity index is 3580. The molecule has 0 bridgehead atoms. The standard InChI is InChI=1S/C28H35ClN6O3S.C17H22F3N3O2.C13H13Cl2N3O2S/c1-18(2)39(36,37)26-7-5-4-6-23(26)32-27-22(29)17-31-28(34-27)33-24-15-19-8-9-21(35-12-10-30-11-13-35)14-20(19)16-25(24)38-3;1-25-15-10-12-8-13(3-2-11(12)9-14(15)21)22-4-6-23(7-5-22)16(24)17(18,19)20;1-8(2)21(19,20)11-6-4-3-5-10(11)17-12-9(14)7-16-13(15)18-12/h4-7,15-18,21,30H,8-14H2,1-3H3,(H2,31,32,33,34);9-10,13H,2-8,21H2,1H3;3-8H,1-2H3,(H,16,17,18). The van der Waals surface area contributed by atoms with Gasteiger partial charge in [0.25, 0.3) is 0 Å². The predicted molar refractivity (Wildman–Crippen MR) is 327 cm³/mol. The van der Waals surface area contributed by atoms with E-state index in [1.807, 2.05) is 12.1 Å². The van der Waals surface area contributed by atoms with Crippen LogP contribution in [0.5, 0.6) is 11.5 Å². The molecule has 2 aliphatic carbocycles. The second-order valence-corrected chi connectivity index (χ2v) is 27.5. The minimum atomic E-state index is -4.79. The molecule has 0 saturated carbocycles. The maximum Gasteiger partial charge on any atom is 0.471 e. The molecule has 2 atom stereocenters. The first-order valence-electron chi connectivity index (χ1n) is 27.7. The third-order valence-electron chi connectivity index (χ3n) is 15.3. The Labute approximate surface area is 509 Å². The van der Waals surface area contributed by atoms with Crippen molar-refractivity contribution in [3.05, 3.63) is 123 Å². The summed E-state index contributed by atoms with van der Waals surface area (Å²) in [5, 5.41) is 12.1. The van der Waals surface area contributed by atoms with Gasteiger partial charge in [-0.2, -0.15) is 23.1 Å². The van der Waals surface area contributed by atoms with Crippen LogP contribution >= 0.6 is 34.8 Å². The number of ether oxygens (including phenoxy) is 2. The molecule has 6 N–H and O–H groups in total. The van der Waals surface area contributed by atoms with Crippen LogP contribution in [-0.2, 0) is 50.2 Å². The Morgan fingerprint density at radius 3 is 1.65 bits per heavy atom. The number of nitrogen functional groups attached to an aromatic ring is 1. The number of benzene rings is 4. The molecule has 10 rings (SSSR count). The Morgan fingerprint density at radius 2 is 1.13 bits per heavy atom. The van der Waals surface area contributed by atoms with E-state index in [4.69, 9.17) is 50.0 Å². The number of nitrogens with zero attached hydrogens (tertiary/aromatic N) is 7. The second kappa shape index (κ2) is 28.1. The van der Waals surface area contributed by atoms with E-state index in [9.17, 15) is 34.8 Å². The zero-order valence-corrected chi connectivity index (χ0v) is 51.8. The van der Waals surface area contributed by atoms with E-state index in [1.54, 1.807) is 84.4 Å². The highest BCUT2D eigenvalue weighted by Crippen LogP contribution is 2.38. The molecule has 85 heavy (non-hydrogen) atoms. The summed E-state index contributed by atoms with van der Waals surface area (Å²) in [6.45, 7) is 12.0. The van der Waals surface area contributed by atoms with Crippen molar-refractivity contribution in [1.82, 2.24) is 40.0 Å². The molecule has 458 valence electrons. The van der Waals surface area contributed by atoms with Crippen LogP contribution in [0.2, 0.25) is 15.3 Å². The second-order valence-electron chi connectivity index (χ2n) is 21.4. The van der Waals surface area contributed by atoms with Crippen molar-refractivity contribution >= 4 is 101 Å². The molecule has 2 aliphatic heterocycles. The van der Waals surface area contributed by atoms with Gasteiger partial charge in [0.1, 0.15) is 21.5 Å². The number of piperazine rings is 2. The molecule has 1 amide bonds. The average Bonchev–Trinajstić information content (AvgIpc) is 2.51. The monoisotopic (exact) mass is 1270 g/mol. The third kappa shape index (κ3) is 15.9. The number of alkyl halides is 3. The highest BCUT2D eigenvalue weighted by Gasteiger charge is 2.44. The number of nitrogens with one attached hydrogen (secondary N) is 4. The molecule has 2 unspecified atom stereocenters. The number of para-hydroxylation sites is 2. The molecule has 4 heterocycles. The normalized spacial score (nSPS) is 17.6. The molecule has 4 aromatic carbocycles. The van der Waals surface area contributed by atoms with Crippen LogP contribution in [0, 0.1) is 0 Å². The lowest BCUT2D eigenvalue weighted by molar-refractivity contribution is -0.187. The molecule has 2 saturated heterocycles. The van der Waals surface area contributed by atoms with Gasteiger partial charge in [-0.25, -0.2) is 26.8 Å². The Morgan fingerprint density at radius 1 is 0.647 bits per heavy atom. The van der Waals surface area contributed by atoms with Gasteiger partial charge in [-0.05, 0) is 149 Å². The van der Waals surface area contributed by atoms with Gasteiger partial charge in [-0.15, -0.1) is 0 Å². The molecule has 27 heteroatoms. The van der Waals surface area contributed by atoms with Crippen molar-refractivity contribution in [2.24, 2.45) is 0 Å². The number of fused-ring (bicyclic) bond motifs is 2. The molecule has 19 nitrogen and oxygen atoms in total. The highest BCUT2D eigenvalue weighted by atomic mass is 35.5. The van der Waals surface area contributed by atoms with Gasteiger partial charge in [-0.3, -0.25) is 14.6 Å². The Kier molecular flexibility index (Phi) is 21.4. The van der Waals surface area contributed by atoms with Crippen LogP contribution in [0.3, 0.4) is 0 Å². The molecular weight excluding hydrogens is 1200 g/mol. The molecule has 2 aromatic heterocycles. The van der Waals surface area contributed by atoms with Crippen molar-refractivity contribution in [3.63, 3.8) is 0 Å². The van der Waals surface area contributed by atoms with E-state index in [0.29, 0.717) is 53.7 Å². The van der Waals surface area contributed by atoms with Crippen LogP contribution < -0.4 is 36.5 Å². The number of aromatic nitrogens is 4. The van der Waals surface area contributed by atoms with E-state index >= 15 is 0 Å². The van der Waals surface area contributed by atoms with Gasteiger partial charge >= 0.3 is 12.1 Å². The third-order valence-corrected chi connectivity index (χ3v) is 20.5.